The fourth-order valence-electron chi connectivity index (χ4n) is 3.07. The summed E-state index contributed by atoms with van der Waals surface area (Å²) in [5.74, 6) is 9.70. The van der Waals surface area contributed by atoms with Crippen molar-refractivity contribution in [3.05, 3.63) is 112 Å². The van der Waals surface area contributed by atoms with Gasteiger partial charge in [-0.2, -0.15) is 5.16 Å². The minimum Gasteiger partial charge on any atom is -0.753 e. The third-order valence-corrected chi connectivity index (χ3v) is 9.92. The van der Waals surface area contributed by atoms with Crippen molar-refractivity contribution < 1.29 is 20.4 Å². The average molecular weight is 601 g/mol. The fraction of sp³-hybridized carbons (Fsp3) is 0.154. The first-order valence-electron chi connectivity index (χ1n) is 9.99. The molecule has 7 heteroatoms. The summed E-state index contributed by atoms with van der Waals surface area (Å²) in [6, 6.07) is 21.6. The molecule has 2 aliphatic rings. The van der Waals surface area contributed by atoms with Gasteiger partial charge >= 0.3 is 20.4 Å². The van der Waals surface area contributed by atoms with E-state index in [0.717, 1.165) is 0 Å². The van der Waals surface area contributed by atoms with E-state index in [1.807, 2.05) is 0 Å². The van der Waals surface area contributed by atoms with Crippen molar-refractivity contribution in [3.63, 3.8) is 0 Å². The minimum absolute atomic E-state index is 0. The number of nitriles is 1. The number of thiocarbonyl (C=S) groups is 1. The van der Waals surface area contributed by atoms with Crippen molar-refractivity contribution in [2.75, 3.05) is 0 Å². The third-order valence-electron chi connectivity index (χ3n) is 4.95. The van der Waals surface area contributed by atoms with Gasteiger partial charge in [0, 0.05) is 0 Å². The molecule has 0 spiro atoms. The number of hydrogen-bond donors (Lipinski definition) is 0. The van der Waals surface area contributed by atoms with Crippen molar-refractivity contribution >= 4 is 56.5 Å². The van der Waals surface area contributed by atoms with Crippen LogP contribution in [0.5, 0.6) is 0 Å². The molecule has 0 aromatic heterocycles. The molecular formula is C26H28N2P2PdS2+2. The average Bonchev–Trinajstić information content (AvgIpc) is 3.32. The van der Waals surface area contributed by atoms with Crippen molar-refractivity contribution in [2.45, 2.75) is 27.7 Å². The second-order valence-electron chi connectivity index (χ2n) is 7.13. The summed E-state index contributed by atoms with van der Waals surface area (Å²) < 4.78 is 0. The molecule has 0 radical (unpaired) electrons. The molecule has 2 nitrogen and oxygen atoms in total. The van der Waals surface area contributed by atoms with E-state index in [-0.39, 0.29) is 20.4 Å². The van der Waals surface area contributed by atoms with Crippen molar-refractivity contribution in [3.8, 4) is 5.40 Å². The monoisotopic (exact) mass is 600 g/mol. The van der Waals surface area contributed by atoms with Gasteiger partial charge in [0.1, 0.15) is 10.6 Å². The van der Waals surface area contributed by atoms with E-state index in [0.29, 0.717) is 0 Å². The van der Waals surface area contributed by atoms with E-state index < -0.39 is 15.8 Å². The number of rotatable bonds is 2. The van der Waals surface area contributed by atoms with Gasteiger partial charge in [-0.05, 0) is 74.3 Å². The van der Waals surface area contributed by atoms with Gasteiger partial charge in [-0.25, -0.2) is 5.26 Å². The van der Waals surface area contributed by atoms with Crippen LogP contribution in [0.15, 0.2) is 106 Å². The molecule has 0 saturated carbocycles. The first kappa shape index (κ1) is 31.4. The largest absolute Gasteiger partial charge is 2.00 e. The molecule has 33 heavy (non-hydrogen) atoms. The zero-order valence-electron chi connectivity index (χ0n) is 19.1. The summed E-state index contributed by atoms with van der Waals surface area (Å²) in [5.41, 5.74) is 5.82. The Balaban J connectivity index is 0.000000491. The topological polar surface area (TPSA) is 46.1 Å². The SMILES string of the molecule is CC1=C[PH+](c2ccccc2)C=C1C.CC1=C[PH+](c2ccccc2)C=C1C.N#C[S-].[N-]=C=S.[Pd+2]. The molecule has 0 unspecified atom stereocenters. The zero-order chi connectivity index (χ0) is 23.9. The Bertz CT molecular complexity index is 955. The Morgan fingerprint density at radius 1 is 0.697 bits per heavy atom. The maximum Gasteiger partial charge on any atom is 2.00 e. The van der Waals surface area contributed by atoms with Crippen molar-refractivity contribution in [2.24, 2.45) is 0 Å². The van der Waals surface area contributed by atoms with Gasteiger partial charge in [0.15, 0.2) is 0 Å². The van der Waals surface area contributed by atoms with E-state index in [1.54, 1.807) is 0 Å². The molecule has 4 rings (SSSR count). The standard InChI is InChI=1S/2C12H13P.CHNS.CNS.Pd/c2*1-10-8-13(9-11(10)2)12-6-4-3-5-7-12;2*2-1-3;/h2*3-9H,1-2H3;3H;;/q;;;-1;+2/p+1. The molecule has 0 N–H and O–H groups in total. The second-order valence-corrected chi connectivity index (χ2v) is 11.6. The van der Waals surface area contributed by atoms with Crippen LogP contribution in [0.2, 0.25) is 0 Å². The summed E-state index contributed by atoms with van der Waals surface area (Å²) in [5, 5.41) is 19.9. The Labute approximate surface area is 225 Å². The number of benzene rings is 2. The quantitative estimate of drug-likeness (QED) is 0.0903. The molecule has 0 bridgehead atoms. The van der Waals surface area contributed by atoms with Crippen LogP contribution in [0.3, 0.4) is 0 Å². The molecular weight excluding hydrogens is 573 g/mol. The maximum absolute atomic E-state index is 7.13. The third kappa shape index (κ3) is 11.4. The van der Waals surface area contributed by atoms with Crippen LogP contribution in [0, 0.1) is 10.7 Å². The normalized spacial score (nSPS) is 13.9. The smallest absolute Gasteiger partial charge is 0.753 e. The van der Waals surface area contributed by atoms with Crippen LogP contribution in [-0.2, 0) is 33.1 Å². The van der Waals surface area contributed by atoms with E-state index in [2.05, 4.69) is 136 Å². The van der Waals surface area contributed by atoms with Crippen LogP contribution < -0.4 is 10.6 Å². The van der Waals surface area contributed by atoms with Crippen LogP contribution in [0.1, 0.15) is 27.7 Å². The molecule has 2 aromatic rings. The van der Waals surface area contributed by atoms with Gasteiger partial charge in [0.2, 0.25) is 0 Å². The van der Waals surface area contributed by atoms with Gasteiger partial charge in [-0.3, -0.25) is 0 Å². The van der Waals surface area contributed by atoms with E-state index in [1.165, 1.54) is 43.5 Å². The summed E-state index contributed by atoms with van der Waals surface area (Å²) >= 11 is 7.40. The predicted molar refractivity (Wildman–Crippen MR) is 153 cm³/mol. The molecule has 0 saturated heterocycles. The Hall–Kier alpha value is -1.57. The molecule has 172 valence electrons. The summed E-state index contributed by atoms with van der Waals surface area (Å²) in [7, 11) is -1.02. The number of allylic oxidation sites excluding steroid dienone is 4. The molecule has 2 heterocycles. The summed E-state index contributed by atoms with van der Waals surface area (Å²) in [4.78, 5) is 0. The summed E-state index contributed by atoms with van der Waals surface area (Å²) in [6.07, 6.45) is 0. The van der Waals surface area contributed by atoms with Crippen LogP contribution in [0.25, 0.3) is 5.41 Å². The van der Waals surface area contributed by atoms with E-state index in [9.17, 15) is 0 Å². The fourth-order valence-corrected chi connectivity index (χ4v) is 7.83. The minimum atomic E-state index is -0.511. The van der Waals surface area contributed by atoms with Gasteiger partial charge in [-0.15, -0.1) is 0 Å². The number of thiocyanates is 1. The Morgan fingerprint density at radius 3 is 1.12 bits per heavy atom. The Morgan fingerprint density at radius 2 is 0.909 bits per heavy atom. The van der Waals surface area contributed by atoms with Crippen molar-refractivity contribution in [1.29, 1.82) is 5.26 Å². The maximum atomic E-state index is 7.13. The van der Waals surface area contributed by atoms with Crippen LogP contribution in [-0.4, -0.2) is 5.16 Å². The van der Waals surface area contributed by atoms with Gasteiger partial charge < -0.3 is 18.0 Å². The van der Waals surface area contributed by atoms with E-state index >= 15 is 0 Å². The zero-order valence-corrected chi connectivity index (χ0v) is 24.3. The molecule has 2 aliphatic heterocycles. The van der Waals surface area contributed by atoms with Crippen LogP contribution >= 0.6 is 28.1 Å². The Kier molecular flexibility index (Phi) is 17.0. The second kappa shape index (κ2) is 17.8. The number of isothiocyanates is 1. The summed E-state index contributed by atoms with van der Waals surface area (Å²) in [6.45, 7) is 8.80. The van der Waals surface area contributed by atoms with Crippen LogP contribution in [0.4, 0.5) is 0 Å². The first-order chi connectivity index (χ1) is 15.4. The first-order valence-corrected chi connectivity index (χ1v) is 14.1. The van der Waals surface area contributed by atoms with Gasteiger partial charge in [-0.1, -0.05) is 54.0 Å². The van der Waals surface area contributed by atoms with Crippen molar-refractivity contribution in [1.82, 2.24) is 0 Å². The van der Waals surface area contributed by atoms with Gasteiger partial charge in [0.05, 0.1) is 39.1 Å². The molecule has 0 amide bonds. The predicted octanol–water partition coefficient (Wildman–Crippen LogP) is 7.37. The molecule has 0 aliphatic carbocycles. The van der Waals surface area contributed by atoms with Gasteiger partial charge in [0.25, 0.3) is 0 Å². The van der Waals surface area contributed by atoms with E-state index in [4.69, 9.17) is 10.7 Å². The molecule has 0 fully saturated rings. The number of hydrogen-bond acceptors (Lipinski definition) is 3. The molecule has 2 aromatic carbocycles. The molecule has 0 atom stereocenters. The number of nitrogens with zero attached hydrogens (tertiary/aromatic N) is 2.